The van der Waals surface area contributed by atoms with E-state index >= 15 is 0 Å². The number of hydrogen-bond donors (Lipinski definition) is 2. The molecule has 0 radical (unpaired) electrons. The highest BCUT2D eigenvalue weighted by Crippen LogP contribution is 2.23. The van der Waals surface area contributed by atoms with E-state index in [0.717, 1.165) is 12.1 Å². The van der Waals surface area contributed by atoms with Gasteiger partial charge in [0.2, 0.25) is 15.9 Å². The molecule has 1 rings (SSSR count). The van der Waals surface area contributed by atoms with Gasteiger partial charge in [-0.15, -0.1) is 0 Å². The van der Waals surface area contributed by atoms with Crippen molar-refractivity contribution in [3.05, 3.63) is 34.4 Å². The molecule has 0 saturated heterocycles. The fourth-order valence-electron chi connectivity index (χ4n) is 2.87. The van der Waals surface area contributed by atoms with Crippen molar-refractivity contribution >= 4 is 27.6 Å². The van der Waals surface area contributed by atoms with Gasteiger partial charge in [-0.3, -0.25) is 14.9 Å². The number of nitrogens with one attached hydrogen (secondary N) is 2. The lowest BCUT2D eigenvalue weighted by Crippen LogP contribution is -2.52. The van der Waals surface area contributed by atoms with Crippen molar-refractivity contribution in [1.82, 2.24) is 10.0 Å². The highest BCUT2D eigenvalue weighted by Gasteiger charge is 2.33. The van der Waals surface area contributed by atoms with E-state index < -0.39 is 49.5 Å². The van der Waals surface area contributed by atoms with Crippen LogP contribution in [-0.4, -0.2) is 44.4 Å². The number of amides is 1. The zero-order valence-corrected chi connectivity index (χ0v) is 18.6. The Morgan fingerprint density at radius 2 is 1.60 bits per heavy atom. The Hall–Kier alpha value is -2.53. The molecule has 11 heteroatoms. The molecule has 1 aromatic rings. The fraction of sp³-hybridized carbons (Fsp3) is 0.579. The molecular weight excluding hydrogens is 414 g/mol. The van der Waals surface area contributed by atoms with Gasteiger partial charge in [-0.2, -0.15) is 4.72 Å². The molecule has 0 unspecified atom stereocenters. The number of ether oxygens (including phenoxy) is 1. The average Bonchev–Trinajstić information content (AvgIpc) is 2.65. The quantitative estimate of drug-likeness (QED) is 0.302. The van der Waals surface area contributed by atoms with E-state index in [2.05, 4.69) is 10.0 Å². The summed E-state index contributed by atoms with van der Waals surface area (Å²) in [4.78, 5) is 34.7. The second kappa shape index (κ2) is 11.0. The first kappa shape index (κ1) is 25.5. The summed E-state index contributed by atoms with van der Waals surface area (Å²) < 4.78 is 32.6. The predicted molar refractivity (Wildman–Crippen MR) is 110 cm³/mol. The standard InChI is InChI=1S/C19H29N3O7S/c1-12(2)10-14(18(23)20-15(11-13(3)4)19(24)29-5)21-30(27,28)17-9-7-6-8-16(17)22(25)26/h6-9,12-15,21H,10-11H2,1-5H3,(H,20,23)/t14-,15-/m0/s1. The molecule has 1 aromatic carbocycles. The number of esters is 1. The third kappa shape index (κ3) is 7.38. The SMILES string of the molecule is COC(=O)[C@H](CC(C)C)NC(=O)[C@H](CC(C)C)NS(=O)(=O)c1ccccc1[N+](=O)[O-]. The normalized spacial score (nSPS) is 13.7. The summed E-state index contributed by atoms with van der Waals surface area (Å²) in [7, 11) is -3.18. The fourth-order valence-corrected chi connectivity index (χ4v) is 4.25. The summed E-state index contributed by atoms with van der Waals surface area (Å²) in [6, 6.07) is 2.71. The number of para-hydroxylation sites is 1. The number of methoxy groups -OCH3 is 1. The van der Waals surface area contributed by atoms with Crippen LogP contribution in [0.1, 0.15) is 40.5 Å². The van der Waals surface area contributed by atoms with Gasteiger partial charge in [0.05, 0.1) is 12.0 Å². The van der Waals surface area contributed by atoms with Crippen molar-refractivity contribution in [1.29, 1.82) is 0 Å². The van der Waals surface area contributed by atoms with E-state index in [1.807, 2.05) is 13.8 Å². The molecular formula is C19H29N3O7S. The number of rotatable bonds is 11. The van der Waals surface area contributed by atoms with Crippen LogP contribution in [0.2, 0.25) is 0 Å². The highest BCUT2D eigenvalue weighted by atomic mass is 32.2. The molecule has 0 aliphatic carbocycles. The Kier molecular flexibility index (Phi) is 9.37. The first-order valence-electron chi connectivity index (χ1n) is 9.53. The maximum atomic E-state index is 12.8. The van der Waals surface area contributed by atoms with Gasteiger partial charge in [-0.25, -0.2) is 13.2 Å². The van der Waals surface area contributed by atoms with Gasteiger partial charge < -0.3 is 10.1 Å². The molecule has 0 heterocycles. The summed E-state index contributed by atoms with van der Waals surface area (Å²) in [5.41, 5.74) is -0.596. The largest absolute Gasteiger partial charge is 0.467 e. The molecule has 2 atom stereocenters. The van der Waals surface area contributed by atoms with Gasteiger partial charge in [0.15, 0.2) is 4.90 Å². The zero-order chi connectivity index (χ0) is 23.1. The maximum absolute atomic E-state index is 12.8. The lowest BCUT2D eigenvalue weighted by atomic mass is 10.0. The molecule has 30 heavy (non-hydrogen) atoms. The molecule has 2 N–H and O–H groups in total. The Morgan fingerprint density at radius 3 is 2.10 bits per heavy atom. The number of benzene rings is 1. The lowest BCUT2D eigenvalue weighted by molar-refractivity contribution is -0.387. The van der Waals surface area contributed by atoms with Crippen LogP contribution in [0.4, 0.5) is 5.69 Å². The number of carbonyl (C=O) groups is 2. The minimum Gasteiger partial charge on any atom is -0.467 e. The third-order valence-corrected chi connectivity index (χ3v) is 5.70. The first-order chi connectivity index (χ1) is 13.9. The summed E-state index contributed by atoms with van der Waals surface area (Å²) in [6.45, 7) is 7.33. The zero-order valence-electron chi connectivity index (χ0n) is 17.7. The number of nitro benzene ring substituents is 1. The Bertz CT molecular complexity index is 869. The van der Waals surface area contributed by atoms with Crippen molar-refractivity contribution < 1.29 is 27.7 Å². The summed E-state index contributed by atoms with van der Waals surface area (Å²) in [5, 5.41) is 13.7. The van der Waals surface area contributed by atoms with Crippen molar-refractivity contribution in [3.63, 3.8) is 0 Å². The second-order valence-corrected chi connectivity index (χ2v) is 9.42. The Balaban J connectivity index is 3.19. The first-order valence-corrected chi connectivity index (χ1v) is 11.0. The summed E-state index contributed by atoms with van der Waals surface area (Å²) >= 11 is 0. The second-order valence-electron chi connectivity index (χ2n) is 7.74. The lowest BCUT2D eigenvalue weighted by Gasteiger charge is -2.24. The molecule has 10 nitrogen and oxygen atoms in total. The molecule has 0 bridgehead atoms. The van der Waals surface area contributed by atoms with Crippen LogP contribution < -0.4 is 10.0 Å². The molecule has 0 saturated carbocycles. The molecule has 1 amide bonds. The summed E-state index contributed by atoms with van der Waals surface area (Å²) in [5.74, 6) is -1.35. The van der Waals surface area contributed by atoms with Gasteiger partial charge in [0, 0.05) is 6.07 Å². The molecule has 0 aliphatic heterocycles. The third-order valence-electron chi connectivity index (χ3n) is 4.18. The van der Waals surface area contributed by atoms with Crippen LogP contribution in [0, 0.1) is 22.0 Å². The number of carbonyl (C=O) groups excluding carboxylic acids is 2. The minimum absolute atomic E-state index is 0.0709. The van der Waals surface area contributed by atoms with E-state index in [9.17, 15) is 28.1 Å². The molecule has 0 spiro atoms. The van der Waals surface area contributed by atoms with Gasteiger partial charge in [0.25, 0.3) is 5.69 Å². The van der Waals surface area contributed by atoms with E-state index in [1.54, 1.807) is 13.8 Å². The van der Waals surface area contributed by atoms with E-state index in [1.165, 1.54) is 19.2 Å². The van der Waals surface area contributed by atoms with Crippen molar-refractivity contribution in [2.24, 2.45) is 11.8 Å². The van der Waals surface area contributed by atoms with Crippen LogP contribution in [0.25, 0.3) is 0 Å². The van der Waals surface area contributed by atoms with Crippen LogP contribution in [0.5, 0.6) is 0 Å². The van der Waals surface area contributed by atoms with Crippen LogP contribution in [0.15, 0.2) is 29.2 Å². The molecule has 0 aromatic heterocycles. The van der Waals surface area contributed by atoms with E-state index in [4.69, 9.17) is 4.74 Å². The van der Waals surface area contributed by atoms with Gasteiger partial charge in [0.1, 0.15) is 12.1 Å². The van der Waals surface area contributed by atoms with Crippen molar-refractivity contribution in [2.75, 3.05) is 7.11 Å². The van der Waals surface area contributed by atoms with Crippen LogP contribution >= 0.6 is 0 Å². The molecule has 0 aliphatic rings. The molecule has 0 fully saturated rings. The van der Waals surface area contributed by atoms with Crippen molar-refractivity contribution in [2.45, 2.75) is 57.5 Å². The number of sulfonamides is 1. The number of nitro groups is 1. The Morgan fingerprint density at radius 1 is 1.07 bits per heavy atom. The topological polar surface area (TPSA) is 145 Å². The van der Waals surface area contributed by atoms with E-state index in [-0.39, 0.29) is 18.3 Å². The van der Waals surface area contributed by atoms with E-state index in [0.29, 0.717) is 6.42 Å². The highest BCUT2D eigenvalue weighted by molar-refractivity contribution is 7.89. The van der Waals surface area contributed by atoms with Crippen molar-refractivity contribution in [3.8, 4) is 0 Å². The average molecular weight is 444 g/mol. The monoisotopic (exact) mass is 443 g/mol. The van der Waals surface area contributed by atoms with Gasteiger partial charge >= 0.3 is 5.97 Å². The summed E-state index contributed by atoms with van der Waals surface area (Å²) in [6.07, 6.45) is 0.436. The smallest absolute Gasteiger partial charge is 0.328 e. The maximum Gasteiger partial charge on any atom is 0.328 e. The molecule has 168 valence electrons. The van der Waals surface area contributed by atoms with Crippen LogP contribution in [-0.2, 0) is 24.3 Å². The van der Waals surface area contributed by atoms with Gasteiger partial charge in [-0.1, -0.05) is 39.8 Å². The minimum atomic E-state index is -4.38. The Labute approximate surface area is 176 Å². The number of hydrogen-bond acceptors (Lipinski definition) is 7. The number of nitrogens with zero attached hydrogens (tertiary/aromatic N) is 1. The van der Waals surface area contributed by atoms with Gasteiger partial charge in [-0.05, 0) is 30.7 Å². The van der Waals surface area contributed by atoms with Crippen LogP contribution in [0.3, 0.4) is 0 Å². The predicted octanol–water partition coefficient (Wildman–Crippen LogP) is 1.99.